The van der Waals surface area contributed by atoms with Gasteiger partial charge in [-0.15, -0.1) is 0 Å². The fraction of sp³-hybridized carbons (Fsp3) is 0.300. The van der Waals surface area contributed by atoms with Crippen molar-refractivity contribution >= 4 is 17.3 Å². The minimum atomic E-state index is 0.0544. The monoisotopic (exact) mass is 192 g/mol. The van der Waals surface area contributed by atoms with Gasteiger partial charge < -0.3 is 4.90 Å². The molecule has 2 nitrogen and oxygen atoms in total. The summed E-state index contributed by atoms with van der Waals surface area (Å²) < 4.78 is 0. The third kappa shape index (κ3) is 1.48. The molecule has 0 N–H and O–H groups in total. The van der Waals surface area contributed by atoms with Gasteiger partial charge in [0, 0.05) is 10.7 Å². The number of hydrogen-bond acceptors (Lipinski definition) is 2. The Bertz CT molecular complexity index is 381. The highest BCUT2D eigenvalue weighted by atomic mass is 35.5. The first-order valence-electron chi connectivity index (χ1n) is 4.15. The van der Waals surface area contributed by atoms with Crippen molar-refractivity contribution in [2.45, 2.75) is 13.0 Å². The number of hydrogen-bond donors (Lipinski definition) is 0. The molecule has 66 valence electrons. The van der Waals surface area contributed by atoms with Gasteiger partial charge in [-0.3, -0.25) is 0 Å². The Kier molecular flexibility index (Phi) is 1.90. The molecule has 0 saturated carbocycles. The third-order valence-electron chi connectivity index (χ3n) is 2.25. The Balaban J connectivity index is 2.25. The second kappa shape index (κ2) is 2.93. The first-order chi connectivity index (χ1) is 6.22. The first-order valence-corrected chi connectivity index (χ1v) is 4.52. The summed E-state index contributed by atoms with van der Waals surface area (Å²) in [5.74, 6) is 0. The molecule has 1 fully saturated rings. The molecule has 1 aromatic rings. The van der Waals surface area contributed by atoms with Crippen LogP contribution in [0.15, 0.2) is 18.2 Å². The Labute approximate surface area is 82.3 Å². The first kappa shape index (κ1) is 8.40. The number of aryl methyl sites for hydroxylation is 1. The van der Waals surface area contributed by atoms with Gasteiger partial charge in [0.15, 0.2) is 0 Å². The molecule has 0 radical (unpaired) electrons. The molecule has 1 atom stereocenters. The predicted molar refractivity (Wildman–Crippen MR) is 52.9 cm³/mol. The van der Waals surface area contributed by atoms with Crippen LogP contribution in [0.4, 0.5) is 5.69 Å². The maximum atomic E-state index is 8.64. The lowest BCUT2D eigenvalue weighted by atomic mass is 10.2. The average Bonchev–Trinajstić information content (AvgIpc) is 2.88. The van der Waals surface area contributed by atoms with Crippen molar-refractivity contribution in [3.05, 3.63) is 28.8 Å². The molecule has 13 heavy (non-hydrogen) atoms. The Morgan fingerprint density at radius 3 is 2.92 bits per heavy atom. The topological polar surface area (TPSA) is 26.8 Å². The number of rotatable bonds is 1. The molecule has 3 heteroatoms. The average molecular weight is 193 g/mol. The van der Waals surface area contributed by atoms with E-state index in [0.29, 0.717) is 0 Å². The maximum absolute atomic E-state index is 8.64. The highest BCUT2D eigenvalue weighted by Crippen LogP contribution is 2.30. The van der Waals surface area contributed by atoms with Crippen LogP contribution in [0.2, 0.25) is 5.02 Å². The van der Waals surface area contributed by atoms with E-state index in [1.54, 1.807) is 0 Å². The summed E-state index contributed by atoms with van der Waals surface area (Å²) >= 11 is 5.97. The van der Waals surface area contributed by atoms with Gasteiger partial charge in [0.2, 0.25) is 0 Å². The molecule has 1 unspecified atom stereocenters. The zero-order valence-corrected chi connectivity index (χ0v) is 8.04. The van der Waals surface area contributed by atoms with Gasteiger partial charge in [-0.2, -0.15) is 5.26 Å². The third-order valence-corrected chi connectivity index (χ3v) is 2.66. The molecule has 1 aliphatic rings. The van der Waals surface area contributed by atoms with Crippen molar-refractivity contribution in [1.29, 1.82) is 5.26 Å². The van der Waals surface area contributed by atoms with Crippen LogP contribution in [0.1, 0.15) is 5.56 Å². The molecule has 1 aliphatic heterocycles. The van der Waals surface area contributed by atoms with Crippen LogP contribution < -0.4 is 4.90 Å². The summed E-state index contributed by atoms with van der Waals surface area (Å²) in [5.41, 5.74) is 2.11. The van der Waals surface area contributed by atoms with E-state index < -0.39 is 0 Å². The van der Waals surface area contributed by atoms with Crippen LogP contribution in [-0.4, -0.2) is 12.6 Å². The van der Waals surface area contributed by atoms with Gasteiger partial charge in [-0.1, -0.05) is 17.7 Å². The highest BCUT2D eigenvalue weighted by Gasteiger charge is 2.34. The number of nitrogens with zero attached hydrogens (tertiary/aromatic N) is 2. The van der Waals surface area contributed by atoms with Crippen LogP contribution in [0.3, 0.4) is 0 Å². The van der Waals surface area contributed by atoms with Crippen LogP contribution >= 0.6 is 11.6 Å². The Hall–Kier alpha value is -1.20. The van der Waals surface area contributed by atoms with E-state index in [9.17, 15) is 0 Å². The van der Waals surface area contributed by atoms with Crippen molar-refractivity contribution in [2.24, 2.45) is 0 Å². The Morgan fingerprint density at radius 1 is 1.62 bits per heavy atom. The molecule has 0 aromatic heterocycles. The summed E-state index contributed by atoms with van der Waals surface area (Å²) in [4.78, 5) is 2.02. The highest BCUT2D eigenvalue weighted by molar-refractivity contribution is 6.31. The van der Waals surface area contributed by atoms with E-state index >= 15 is 0 Å². The largest absolute Gasteiger partial charge is 0.351 e. The zero-order valence-electron chi connectivity index (χ0n) is 7.29. The van der Waals surface area contributed by atoms with E-state index in [-0.39, 0.29) is 6.04 Å². The molecular formula is C10H9ClN2. The summed E-state index contributed by atoms with van der Waals surface area (Å²) in [6, 6.07) is 8.14. The Morgan fingerprint density at radius 2 is 2.38 bits per heavy atom. The van der Waals surface area contributed by atoms with Crippen molar-refractivity contribution in [3.63, 3.8) is 0 Å². The SMILES string of the molecule is Cc1ccc(N2CC2C#N)cc1Cl. The normalized spacial score (nSPS) is 19.8. The van der Waals surface area contributed by atoms with Gasteiger partial charge >= 0.3 is 0 Å². The van der Waals surface area contributed by atoms with E-state index in [1.165, 1.54) is 0 Å². The van der Waals surface area contributed by atoms with Gasteiger partial charge in [0.25, 0.3) is 0 Å². The summed E-state index contributed by atoms with van der Waals surface area (Å²) in [5, 5.41) is 9.40. The van der Waals surface area contributed by atoms with Crippen LogP contribution in [0, 0.1) is 18.3 Å². The standard InChI is InChI=1S/C10H9ClN2/c1-7-2-3-8(4-10(7)11)13-6-9(13)5-12/h2-4,9H,6H2,1H3. The molecule has 1 heterocycles. The summed E-state index contributed by atoms with van der Waals surface area (Å²) in [7, 11) is 0. The lowest BCUT2D eigenvalue weighted by Crippen LogP contribution is -1.96. The molecular weight excluding hydrogens is 184 g/mol. The van der Waals surface area contributed by atoms with Crippen LogP contribution in [0.25, 0.3) is 0 Å². The lowest BCUT2D eigenvalue weighted by Gasteiger charge is -2.04. The molecule has 0 aliphatic carbocycles. The van der Waals surface area contributed by atoms with E-state index in [0.717, 1.165) is 22.8 Å². The number of halogens is 1. The van der Waals surface area contributed by atoms with Crippen LogP contribution in [0.5, 0.6) is 0 Å². The molecule has 0 amide bonds. The minimum absolute atomic E-state index is 0.0544. The fourth-order valence-corrected chi connectivity index (χ4v) is 1.47. The minimum Gasteiger partial charge on any atom is -0.351 e. The van der Waals surface area contributed by atoms with Gasteiger partial charge in [-0.25, -0.2) is 0 Å². The number of anilines is 1. The van der Waals surface area contributed by atoms with Gasteiger partial charge in [0.1, 0.15) is 6.04 Å². The molecule has 0 spiro atoms. The second-order valence-electron chi connectivity index (χ2n) is 3.23. The molecule has 0 bridgehead atoms. The van der Waals surface area contributed by atoms with Crippen molar-refractivity contribution in [1.82, 2.24) is 0 Å². The number of nitriles is 1. The quantitative estimate of drug-likeness (QED) is 0.639. The van der Waals surface area contributed by atoms with E-state index in [4.69, 9.17) is 16.9 Å². The fourth-order valence-electron chi connectivity index (χ4n) is 1.30. The van der Waals surface area contributed by atoms with E-state index in [2.05, 4.69) is 6.07 Å². The summed E-state index contributed by atoms with van der Waals surface area (Å²) in [6.45, 7) is 2.80. The van der Waals surface area contributed by atoms with Crippen molar-refractivity contribution in [3.8, 4) is 6.07 Å². The predicted octanol–water partition coefficient (Wildman–Crippen LogP) is 2.36. The van der Waals surface area contributed by atoms with E-state index in [1.807, 2.05) is 30.0 Å². The molecule has 1 aromatic carbocycles. The summed E-state index contributed by atoms with van der Waals surface area (Å²) in [6.07, 6.45) is 0. The molecule has 1 saturated heterocycles. The van der Waals surface area contributed by atoms with Crippen LogP contribution in [-0.2, 0) is 0 Å². The lowest BCUT2D eigenvalue weighted by molar-refractivity contribution is 1.25. The maximum Gasteiger partial charge on any atom is 0.134 e. The number of benzene rings is 1. The molecule has 2 rings (SSSR count). The van der Waals surface area contributed by atoms with Gasteiger partial charge in [-0.05, 0) is 24.6 Å². The smallest absolute Gasteiger partial charge is 0.134 e. The second-order valence-corrected chi connectivity index (χ2v) is 3.64. The van der Waals surface area contributed by atoms with Crippen molar-refractivity contribution < 1.29 is 0 Å². The zero-order chi connectivity index (χ0) is 9.42. The van der Waals surface area contributed by atoms with Gasteiger partial charge in [0.05, 0.1) is 12.6 Å². The van der Waals surface area contributed by atoms with Crippen molar-refractivity contribution in [2.75, 3.05) is 11.4 Å².